The first-order valence-electron chi connectivity index (χ1n) is 7.60. The Hall–Kier alpha value is -0.0800. The largest absolute Gasteiger partial charge is 0.378 e. The van der Waals surface area contributed by atoms with Gasteiger partial charge in [-0.25, -0.2) is 0 Å². The summed E-state index contributed by atoms with van der Waals surface area (Å²) >= 11 is 0. The van der Waals surface area contributed by atoms with E-state index in [4.69, 9.17) is 4.74 Å². The Bertz CT molecular complexity index is 172. The molecule has 102 valence electrons. The average molecular weight is 241 g/mol. The Morgan fingerprint density at radius 3 is 2.35 bits per heavy atom. The van der Waals surface area contributed by atoms with Crippen LogP contribution in [-0.2, 0) is 4.74 Å². The third kappa shape index (κ3) is 5.39. The van der Waals surface area contributed by atoms with Crippen molar-refractivity contribution in [2.24, 2.45) is 5.92 Å². The summed E-state index contributed by atoms with van der Waals surface area (Å²) in [5, 5.41) is 3.54. The van der Waals surface area contributed by atoms with Crippen LogP contribution in [0.3, 0.4) is 0 Å². The van der Waals surface area contributed by atoms with E-state index in [1.807, 2.05) is 0 Å². The Kier molecular flexibility index (Phi) is 7.87. The molecule has 0 amide bonds. The number of rotatable bonds is 9. The topological polar surface area (TPSA) is 21.3 Å². The fourth-order valence-corrected chi connectivity index (χ4v) is 3.14. The molecule has 0 bridgehead atoms. The molecule has 1 fully saturated rings. The van der Waals surface area contributed by atoms with Crippen LogP contribution >= 0.6 is 0 Å². The van der Waals surface area contributed by atoms with E-state index in [0.717, 1.165) is 12.5 Å². The van der Waals surface area contributed by atoms with E-state index in [1.54, 1.807) is 0 Å². The minimum absolute atomic E-state index is 0.551. The predicted molar refractivity (Wildman–Crippen MR) is 74.4 cm³/mol. The molecule has 2 nitrogen and oxygen atoms in total. The molecule has 1 saturated heterocycles. The molecule has 17 heavy (non-hydrogen) atoms. The minimum atomic E-state index is 0.551. The second kappa shape index (κ2) is 8.93. The molecule has 1 aliphatic rings. The standard InChI is InChI=1S/C15H31NO/c1-4-7-13(8-5-2)15(16-3)11-10-14-9-6-12-17-14/h13-16H,4-12H2,1-3H3. The summed E-state index contributed by atoms with van der Waals surface area (Å²) in [6.45, 7) is 5.59. The molecule has 2 heteroatoms. The fourth-order valence-electron chi connectivity index (χ4n) is 3.14. The third-order valence-corrected chi connectivity index (χ3v) is 4.08. The fraction of sp³-hybridized carbons (Fsp3) is 1.00. The van der Waals surface area contributed by atoms with Gasteiger partial charge in [-0.3, -0.25) is 0 Å². The van der Waals surface area contributed by atoms with Gasteiger partial charge in [0.2, 0.25) is 0 Å². The van der Waals surface area contributed by atoms with Gasteiger partial charge in [0.05, 0.1) is 6.10 Å². The van der Waals surface area contributed by atoms with Crippen molar-refractivity contribution in [2.75, 3.05) is 13.7 Å². The van der Waals surface area contributed by atoms with Crippen LogP contribution in [0.2, 0.25) is 0 Å². The maximum Gasteiger partial charge on any atom is 0.0576 e. The van der Waals surface area contributed by atoms with Crippen molar-refractivity contribution < 1.29 is 4.74 Å². The van der Waals surface area contributed by atoms with Crippen LogP contribution in [0, 0.1) is 5.92 Å². The van der Waals surface area contributed by atoms with Gasteiger partial charge in [0.25, 0.3) is 0 Å². The lowest BCUT2D eigenvalue weighted by Gasteiger charge is -2.27. The van der Waals surface area contributed by atoms with Gasteiger partial charge < -0.3 is 10.1 Å². The Balaban J connectivity index is 2.32. The van der Waals surface area contributed by atoms with E-state index in [-0.39, 0.29) is 0 Å². The number of hydrogen-bond acceptors (Lipinski definition) is 2. The van der Waals surface area contributed by atoms with E-state index >= 15 is 0 Å². The summed E-state index contributed by atoms with van der Waals surface area (Å²) < 4.78 is 5.72. The predicted octanol–water partition coefficient (Wildman–Crippen LogP) is 3.75. The van der Waals surface area contributed by atoms with Crippen LogP contribution in [0.15, 0.2) is 0 Å². The average Bonchev–Trinajstić information content (AvgIpc) is 2.83. The van der Waals surface area contributed by atoms with Crippen molar-refractivity contribution in [1.29, 1.82) is 0 Å². The molecule has 0 aromatic carbocycles. The van der Waals surface area contributed by atoms with Crippen LogP contribution in [0.1, 0.15) is 65.2 Å². The summed E-state index contributed by atoms with van der Waals surface area (Å²) in [6.07, 6.45) is 11.0. The second-order valence-electron chi connectivity index (χ2n) is 5.44. The van der Waals surface area contributed by atoms with E-state index in [1.165, 1.54) is 51.4 Å². The molecular formula is C15H31NO. The SMILES string of the molecule is CCCC(CCC)C(CCC1CCCO1)NC. The van der Waals surface area contributed by atoms with E-state index < -0.39 is 0 Å². The normalized spacial score (nSPS) is 22.2. The minimum Gasteiger partial charge on any atom is -0.378 e. The lowest BCUT2D eigenvalue weighted by atomic mass is 9.87. The second-order valence-corrected chi connectivity index (χ2v) is 5.44. The molecule has 1 N–H and O–H groups in total. The molecule has 1 heterocycles. The van der Waals surface area contributed by atoms with Crippen LogP contribution in [0.5, 0.6) is 0 Å². The molecule has 1 aliphatic heterocycles. The van der Waals surface area contributed by atoms with Gasteiger partial charge in [0.1, 0.15) is 0 Å². The highest BCUT2D eigenvalue weighted by Gasteiger charge is 2.22. The van der Waals surface area contributed by atoms with Gasteiger partial charge >= 0.3 is 0 Å². The molecule has 1 rings (SSSR count). The summed E-state index contributed by atoms with van der Waals surface area (Å²) in [5.74, 6) is 0.858. The van der Waals surface area contributed by atoms with Crippen LogP contribution in [-0.4, -0.2) is 25.8 Å². The van der Waals surface area contributed by atoms with Gasteiger partial charge in [-0.15, -0.1) is 0 Å². The summed E-state index contributed by atoms with van der Waals surface area (Å²) in [5.41, 5.74) is 0. The quantitative estimate of drug-likeness (QED) is 0.664. The zero-order chi connectivity index (χ0) is 12.5. The smallest absolute Gasteiger partial charge is 0.0576 e. The van der Waals surface area contributed by atoms with Gasteiger partial charge in [0, 0.05) is 12.6 Å². The van der Waals surface area contributed by atoms with E-state index in [2.05, 4.69) is 26.2 Å². The van der Waals surface area contributed by atoms with Crippen LogP contribution < -0.4 is 5.32 Å². The van der Waals surface area contributed by atoms with Crippen LogP contribution in [0.25, 0.3) is 0 Å². The summed E-state index contributed by atoms with van der Waals surface area (Å²) in [7, 11) is 2.12. The summed E-state index contributed by atoms with van der Waals surface area (Å²) in [6, 6.07) is 0.694. The molecule has 0 spiro atoms. The van der Waals surface area contributed by atoms with Gasteiger partial charge in [-0.05, 0) is 51.5 Å². The molecule has 0 radical (unpaired) electrons. The first-order chi connectivity index (χ1) is 8.31. The first-order valence-corrected chi connectivity index (χ1v) is 7.60. The highest BCUT2D eigenvalue weighted by Crippen LogP contribution is 2.24. The van der Waals surface area contributed by atoms with Crippen molar-refractivity contribution in [2.45, 2.75) is 77.4 Å². The Morgan fingerprint density at radius 2 is 1.88 bits per heavy atom. The molecule has 2 unspecified atom stereocenters. The van der Waals surface area contributed by atoms with Gasteiger partial charge in [0.15, 0.2) is 0 Å². The van der Waals surface area contributed by atoms with Crippen molar-refractivity contribution in [1.82, 2.24) is 5.32 Å². The zero-order valence-electron chi connectivity index (χ0n) is 12.0. The first kappa shape index (κ1) is 15.0. The van der Waals surface area contributed by atoms with Crippen LogP contribution in [0.4, 0.5) is 0 Å². The highest BCUT2D eigenvalue weighted by atomic mass is 16.5. The molecule has 2 atom stereocenters. The number of ether oxygens (including phenoxy) is 1. The van der Waals surface area contributed by atoms with E-state index in [9.17, 15) is 0 Å². The van der Waals surface area contributed by atoms with Gasteiger partial charge in [-0.1, -0.05) is 26.7 Å². The zero-order valence-corrected chi connectivity index (χ0v) is 12.0. The highest BCUT2D eigenvalue weighted by molar-refractivity contribution is 4.77. The number of nitrogens with one attached hydrogen (secondary N) is 1. The van der Waals surface area contributed by atoms with E-state index in [0.29, 0.717) is 12.1 Å². The van der Waals surface area contributed by atoms with Gasteiger partial charge in [-0.2, -0.15) is 0 Å². The third-order valence-electron chi connectivity index (χ3n) is 4.08. The maximum atomic E-state index is 5.72. The molecule has 0 aromatic rings. The lowest BCUT2D eigenvalue weighted by Crippen LogP contribution is -2.34. The Morgan fingerprint density at radius 1 is 1.18 bits per heavy atom. The lowest BCUT2D eigenvalue weighted by molar-refractivity contribution is 0.0968. The molecule has 0 saturated carbocycles. The molecule has 0 aliphatic carbocycles. The number of hydrogen-bond donors (Lipinski definition) is 1. The van der Waals surface area contributed by atoms with Crippen molar-refractivity contribution in [3.8, 4) is 0 Å². The monoisotopic (exact) mass is 241 g/mol. The van der Waals surface area contributed by atoms with Crippen molar-refractivity contribution in [3.63, 3.8) is 0 Å². The molecular weight excluding hydrogens is 210 g/mol. The maximum absolute atomic E-state index is 5.72. The Labute approximate surface area is 108 Å². The van der Waals surface area contributed by atoms with Crippen molar-refractivity contribution >= 4 is 0 Å². The van der Waals surface area contributed by atoms with Crippen molar-refractivity contribution in [3.05, 3.63) is 0 Å². The molecule has 0 aromatic heterocycles. The summed E-state index contributed by atoms with van der Waals surface area (Å²) in [4.78, 5) is 0.